The smallest absolute Gasteiger partial charge is 0.0366 e. The highest BCUT2D eigenvalue weighted by Gasteiger charge is 2.31. The van der Waals surface area contributed by atoms with Gasteiger partial charge in [0, 0.05) is 26.2 Å². The summed E-state index contributed by atoms with van der Waals surface area (Å²) in [5, 5.41) is 4.77. The summed E-state index contributed by atoms with van der Waals surface area (Å²) in [7, 11) is 0. The second-order valence-corrected chi connectivity index (χ2v) is 4.80. The molecule has 0 aliphatic carbocycles. The molecule has 0 spiro atoms. The van der Waals surface area contributed by atoms with Crippen LogP contribution in [0.2, 0.25) is 0 Å². The maximum Gasteiger partial charge on any atom is 0.0366 e. The van der Waals surface area contributed by atoms with Gasteiger partial charge in [-0.2, -0.15) is 5.12 Å². The van der Waals surface area contributed by atoms with Crippen molar-refractivity contribution in [2.45, 2.75) is 19.4 Å². The van der Waals surface area contributed by atoms with Crippen LogP contribution < -0.4 is 5.43 Å². The number of benzene rings is 1. The van der Waals surface area contributed by atoms with Crippen molar-refractivity contribution in [3.05, 3.63) is 35.9 Å². The minimum atomic E-state index is 0.910. The van der Waals surface area contributed by atoms with Gasteiger partial charge in [0.2, 0.25) is 0 Å². The van der Waals surface area contributed by atoms with Gasteiger partial charge in [-0.25, -0.2) is 10.4 Å². The molecule has 0 saturated carbocycles. The van der Waals surface area contributed by atoms with Gasteiger partial charge in [0.1, 0.15) is 0 Å². The number of rotatable bonds is 3. The van der Waals surface area contributed by atoms with Crippen molar-refractivity contribution < 1.29 is 0 Å². The average molecular weight is 217 g/mol. The Morgan fingerprint density at radius 3 is 2.50 bits per heavy atom. The minimum absolute atomic E-state index is 0.910. The maximum absolute atomic E-state index is 3.53. The fourth-order valence-corrected chi connectivity index (χ4v) is 2.65. The summed E-state index contributed by atoms with van der Waals surface area (Å²) in [4.78, 5) is 0. The number of nitrogens with zero attached hydrogens (tertiary/aromatic N) is 2. The normalized spacial score (nSPS) is 29.5. The van der Waals surface area contributed by atoms with Gasteiger partial charge in [-0.15, -0.1) is 0 Å². The van der Waals surface area contributed by atoms with E-state index in [1.807, 2.05) is 0 Å². The Kier molecular flexibility index (Phi) is 2.91. The molecule has 1 aromatic rings. The highest BCUT2D eigenvalue weighted by atomic mass is 15.8. The monoisotopic (exact) mass is 217 g/mol. The minimum Gasteiger partial charge on any atom is -0.237 e. The summed E-state index contributed by atoms with van der Waals surface area (Å²) in [5.41, 5.74) is 4.88. The largest absolute Gasteiger partial charge is 0.237 e. The van der Waals surface area contributed by atoms with Crippen LogP contribution in [0.5, 0.6) is 0 Å². The standard InChI is InChI=1S/C13H19N3/c1-2-4-12(5-3-1)10-14-16-11-13-6-8-15(16)9-7-13/h1-5,13-14H,6-11H2. The molecule has 0 unspecified atom stereocenters. The molecule has 2 bridgehead atoms. The third-order valence-electron chi connectivity index (χ3n) is 3.67. The van der Waals surface area contributed by atoms with E-state index in [1.165, 1.54) is 38.0 Å². The predicted molar refractivity (Wildman–Crippen MR) is 64.3 cm³/mol. The second-order valence-electron chi connectivity index (χ2n) is 4.80. The van der Waals surface area contributed by atoms with Crippen LogP contribution in [-0.4, -0.2) is 29.8 Å². The van der Waals surface area contributed by atoms with Crippen LogP contribution in [-0.2, 0) is 6.54 Å². The summed E-state index contributed by atoms with van der Waals surface area (Å²) in [6.45, 7) is 4.58. The van der Waals surface area contributed by atoms with Gasteiger partial charge < -0.3 is 0 Å². The van der Waals surface area contributed by atoms with Crippen LogP contribution in [0.3, 0.4) is 0 Å². The molecule has 1 N–H and O–H groups in total. The maximum atomic E-state index is 3.53. The molecule has 0 radical (unpaired) electrons. The van der Waals surface area contributed by atoms with Crippen LogP contribution in [0.15, 0.2) is 30.3 Å². The highest BCUT2D eigenvalue weighted by molar-refractivity contribution is 5.14. The zero-order valence-corrected chi connectivity index (χ0v) is 9.60. The molecule has 3 nitrogen and oxygen atoms in total. The lowest BCUT2D eigenvalue weighted by molar-refractivity contribution is -0.146. The molecule has 3 heteroatoms. The Morgan fingerprint density at radius 2 is 1.88 bits per heavy atom. The Hall–Kier alpha value is -0.900. The molecule has 3 aliphatic rings. The molecule has 16 heavy (non-hydrogen) atoms. The van der Waals surface area contributed by atoms with Crippen molar-refractivity contribution in [3.63, 3.8) is 0 Å². The Balaban J connectivity index is 1.56. The zero-order chi connectivity index (χ0) is 10.8. The van der Waals surface area contributed by atoms with E-state index >= 15 is 0 Å². The van der Waals surface area contributed by atoms with Crippen LogP contribution in [0, 0.1) is 5.92 Å². The van der Waals surface area contributed by atoms with Gasteiger partial charge in [0.15, 0.2) is 0 Å². The van der Waals surface area contributed by atoms with Crippen molar-refractivity contribution in [1.29, 1.82) is 0 Å². The Morgan fingerprint density at radius 1 is 1.12 bits per heavy atom. The van der Waals surface area contributed by atoms with Gasteiger partial charge in [-0.1, -0.05) is 30.3 Å². The van der Waals surface area contributed by atoms with Crippen LogP contribution in [0.4, 0.5) is 0 Å². The van der Waals surface area contributed by atoms with Gasteiger partial charge in [0.05, 0.1) is 0 Å². The molecule has 3 aliphatic heterocycles. The van der Waals surface area contributed by atoms with E-state index < -0.39 is 0 Å². The van der Waals surface area contributed by atoms with Crippen molar-refractivity contribution in [1.82, 2.24) is 15.6 Å². The SMILES string of the molecule is c1ccc(CNN2CC3CCN2CC3)cc1. The van der Waals surface area contributed by atoms with Crippen molar-refractivity contribution in [2.24, 2.45) is 5.92 Å². The van der Waals surface area contributed by atoms with Gasteiger partial charge in [0.25, 0.3) is 0 Å². The Labute approximate surface area is 97.0 Å². The van der Waals surface area contributed by atoms with E-state index in [0.29, 0.717) is 0 Å². The lowest BCUT2D eigenvalue weighted by atomic mass is 9.95. The van der Waals surface area contributed by atoms with E-state index in [4.69, 9.17) is 0 Å². The lowest BCUT2D eigenvalue weighted by Gasteiger charge is -2.47. The van der Waals surface area contributed by atoms with E-state index in [-0.39, 0.29) is 0 Å². The van der Waals surface area contributed by atoms with Crippen LogP contribution in [0.1, 0.15) is 18.4 Å². The first-order valence-corrected chi connectivity index (χ1v) is 6.21. The van der Waals surface area contributed by atoms with Crippen LogP contribution in [0.25, 0.3) is 0 Å². The lowest BCUT2D eigenvalue weighted by Crippen LogP contribution is -2.60. The fraction of sp³-hybridized carbons (Fsp3) is 0.538. The van der Waals surface area contributed by atoms with Gasteiger partial charge in [-0.05, 0) is 24.3 Å². The molecular formula is C13H19N3. The molecule has 0 aromatic heterocycles. The molecule has 3 fully saturated rings. The fourth-order valence-electron chi connectivity index (χ4n) is 2.65. The van der Waals surface area contributed by atoms with E-state index in [9.17, 15) is 0 Å². The first-order chi connectivity index (χ1) is 7.92. The number of fused-ring (bicyclic) bond motifs is 3. The van der Waals surface area contributed by atoms with Crippen molar-refractivity contribution in [2.75, 3.05) is 19.6 Å². The molecule has 3 saturated heterocycles. The third kappa shape index (κ3) is 2.12. The second kappa shape index (κ2) is 4.53. The molecule has 0 atom stereocenters. The van der Waals surface area contributed by atoms with Gasteiger partial charge >= 0.3 is 0 Å². The quantitative estimate of drug-likeness (QED) is 0.830. The number of hydrogen-bond acceptors (Lipinski definition) is 3. The number of nitrogens with one attached hydrogen (secondary N) is 1. The van der Waals surface area contributed by atoms with Crippen molar-refractivity contribution >= 4 is 0 Å². The highest BCUT2D eigenvalue weighted by Crippen LogP contribution is 2.25. The predicted octanol–water partition coefficient (Wildman–Crippen LogP) is 1.63. The summed E-state index contributed by atoms with van der Waals surface area (Å²) < 4.78 is 0. The average Bonchev–Trinajstić information content (AvgIpc) is 2.39. The first-order valence-electron chi connectivity index (χ1n) is 6.21. The summed E-state index contributed by atoms with van der Waals surface area (Å²) >= 11 is 0. The molecule has 1 aromatic carbocycles. The van der Waals surface area contributed by atoms with Gasteiger partial charge in [-0.3, -0.25) is 0 Å². The Bertz CT molecular complexity index is 330. The summed E-state index contributed by atoms with van der Waals surface area (Å²) in [6.07, 6.45) is 2.76. The zero-order valence-electron chi connectivity index (χ0n) is 9.60. The van der Waals surface area contributed by atoms with E-state index in [2.05, 4.69) is 45.9 Å². The first kappa shape index (κ1) is 10.3. The molecular weight excluding hydrogens is 198 g/mol. The number of hydrazine groups is 2. The third-order valence-corrected chi connectivity index (χ3v) is 3.67. The van der Waals surface area contributed by atoms with Crippen LogP contribution >= 0.6 is 0 Å². The van der Waals surface area contributed by atoms with E-state index in [0.717, 1.165) is 12.5 Å². The van der Waals surface area contributed by atoms with E-state index in [1.54, 1.807) is 0 Å². The molecule has 3 heterocycles. The molecule has 4 rings (SSSR count). The number of piperidine rings is 1. The topological polar surface area (TPSA) is 18.5 Å². The number of hydrogen-bond donors (Lipinski definition) is 1. The molecule has 86 valence electrons. The van der Waals surface area contributed by atoms with Crippen molar-refractivity contribution in [3.8, 4) is 0 Å². The molecule has 0 amide bonds. The summed E-state index contributed by atoms with van der Waals surface area (Å²) in [6, 6.07) is 10.6. The summed E-state index contributed by atoms with van der Waals surface area (Å²) in [5.74, 6) is 0.910.